The molecule has 1 rings (SSSR count). The minimum absolute atomic E-state index is 0.104. The van der Waals surface area contributed by atoms with Gasteiger partial charge in [-0.15, -0.1) is 11.3 Å². The molecule has 1 aromatic heterocycles. The zero-order valence-electron chi connectivity index (χ0n) is 11.2. The van der Waals surface area contributed by atoms with Crippen molar-refractivity contribution in [1.29, 1.82) is 0 Å². The van der Waals surface area contributed by atoms with Crippen molar-refractivity contribution in [2.75, 3.05) is 13.6 Å². The number of carbonyl (C=O) groups is 1. The monoisotopic (exact) mass is 255 g/mol. The molecule has 17 heavy (non-hydrogen) atoms. The average molecular weight is 255 g/mol. The number of carbonyl (C=O) groups excluding carboxylic acids is 1. The summed E-state index contributed by atoms with van der Waals surface area (Å²) in [5.41, 5.74) is 2.32. The number of aromatic nitrogens is 1. The number of thiazole rings is 1. The summed E-state index contributed by atoms with van der Waals surface area (Å²) >= 11 is 1.59. The van der Waals surface area contributed by atoms with Crippen LogP contribution in [0.5, 0.6) is 0 Å². The van der Waals surface area contributed by atoms with Crippen molar-refractivity contribution in [3.8, 4) is 0 Å². The molecular weight excluding hydrogens is 234 g/mol. The normalized spacial score (nSPS) is 11.6. The first-order chi connectivity index (χ1) is 7.88. The largest absolute Gasteiger partial charge is 0.339 e. The quantitative estimate of drug-likeness (QED) is 0.872. The van der Waals surface area contributed by atoms with E-state index in [1.807, 2.05) is 40.3 Å². The minimum atomic E-state index is -0.512. The molecule has 0 bridgehead atoms. The van der Waals surface area contributed by atoms with Gasteiger partial charge in [0.25, 0.3) is 0 Å². The van der Waals surface area contributed by atoms with E-state index in [0.717, 1.165) is 17.1 Å². The summed E-state index contributed by atoms with van der Waals surface area (Å²) in [4.78, 5) is 19.3. The van der Waals surface area contributed by atoms with Crippen LogP contribution in [0.2, 0.25) is 0 Å². The van der Waals surface area contributed by atoms with E-state index in [-0.39, 0.29) is 5.91 Å². The Labute approximate surface area is 107 Å². The van der Waals surface area contributed by atoms with Crippen molar-refractivity contribution in [2.24, 2.45) is 0 Å². The fourth-order valence-electron chi connectivity index (χ4n) is 1.76. The van der Waals surface area contributed by atoms with Crippen LogP contribution >= 0.6 is 11.3 Å². The van der Waals surface area contributed by atoms with Crippen LogP contribution < -0.4 is 5.32 Å². The predicted octanol–water partition coefficient (Wildman–Crippen LogP) is 1.80. The Morgan fingerprint density at radius 1 is 1.59 bits per heavy atom. The molecular formula is C12H21N3OS. The van der Waals surface area contributed by atoms with E-state index in [4.69, 9.17) is 0 Å². The van der Waals surface area contributed by atoms with Crippen molar-refractivity contribution in [2.45, 2.75) is 39.8 Å². The lowest BCUT2D eigenvalue weighted by Gasteiger charge is -2.29. The minimum Gasteiger partial charge on any atom is -0.339 e. The number of rotatable bonds is 5. The van der Waals surface area contributed by atoms with Crippen LogP contribution in [0.15, 0.2) is 5.51 Å². The zero-order valence-corrected chi connectivity index (χ0v) is 12.0. The first-order valence-electron chi connectivity index (χ1n) is 5.78. The molecule has 0 atom stereocenters. The molecule has 0 saturated heterocycles. The van der Waals surface area contributed by atoms with Gasteiger partial charge in [-0.25, -0.2) is 4.98 Å². The second-order valence-electron chi connectivity index (χ2n) is 4.68. The first-order valence-corrected chi connectivity index (χ1v) is 6.66. The van der Waals surface area contributed by atoms with Gasteiger partial charge in [0.2, 0.25) is 5.91 Å². The van der Waals surface area contributed by atoms with E-state index in [2.05, 4.69) is 10.3 Å². The number of hydrogen-bond donors (Lipinski definition) is 1. The molecule has 0 unspecified atom stereocenters. The Bertz CT molecular complexity index is 387. The summed E-state index contributed by atoms with van der Waals surface area (Å²) in [6, 6.07) is 0. The number of nitrogens with zero attached hydrogens (tertiary/aromatic N) is 2. The molecule has 0 radical (unpaired) electrons. The molecule has 0 saturated carbocycles. The van der Waals surface area contributed by atoms with Crippen LogP contribution in [0.25, 0.3) is 0 Å². The zero-order chi connectivity index (χ0) is 13.1. The van der Waals surface area contributed by atoms with Crippen LogP contribution in [-0.4, -0.2) is 34.9 Å². The molecule has 0 aromatic carbocycles. The maximum Gasteiger partial charge on any atom is 0.242 e. The summed E-state index contributed by atoms with van der Waals surface area (Å²) in [6.45, 7) is 9.21. The Kier molecular flexibility index (Phi) is 4.65. The fourth-order valence-corrected chi connectivity index (χ4v) is 2.59. The van der Waals surface area contributed by atoms with E-state index >= 15 is 0 Å². The van der Waals surface area contributed by atoms with Crippen molar-refractivity contribution < 1.29 is 4.79 Å². The van der Waals surface area contributed by atoms with E-state index in [9.17, 15) is 4.79 Å². The fraction of sp³-hybridized carbons (Fsp3) is 0.667. The number of likely N-dealkylation sites (N-methyl/N-ethyl adjacent to an activating group) is 2. The highest BCUT2D eigenvalue weighted by Gasteiger charge is 2.29. The molecule has 1 amide bonds. The van der Waals surface area contributed by atoms with Gasteiger partial charge in [0.15, 0.2) is 0 Å². The van der Waals surface area contributed by atoms with Gasteiger partial charge in [0.1, 0.15) is 0 Å². The maximum atomic E-state index is 12.2. The highest BCUT2D eigenvalue weighted by atomic mass is 32.1. The molecule has 0 fully saturated rings. The molecule has 0 spiro atoms. The summed E-state index contributed by atoms with van der Waals surface area (Å²) in [5, 5.41) is 3.19. The van der Waals surface area contributed by atoms with Crippen molar-refractivity contribution in [3.63, 3.8) is 0 Å². The Morgan fingerprint density at radius 2 is 2.24 bits per heavy atom. The Balaban J connectivity index is 2.68. The van der Waals surface area contributed by atoms with Gasteiger partial charge in [-0.05, 0) is 27.3 Å². The lowest BCUT2D eigenvalue weighted by molar-refractivity contribution is -0.136. The van der Waals surface area contributed by atoms with Gasteiger partial charge in [-0.1, -0.05) is 6.92 Å². The molecule has 4 nitrogen and oxygen atoms in total. The predicted molar refractivity (Wildman–Crippen MR) is 71.1 cm³/mol. The summed E-state index contributed by atoms with van der Waals surface area (Å²) in [6.07, 6.45) is 0. The number of hydrogen-bond acceptors (Lipinski definition) is 4. The van der Waals surface area contributed by atoms with E-state index in [1.54, 1.807) is 16.2 Å². The average Bonchev–Trinajstić information content (AvgIpc) is 2.63. The van der Waals surface area contributed by atoms with Crippen LogP contribution in [0.1, 0.15) is 31.3 Å². The lowest BCUT2D eigenvalue weighted by Crippen LogP contribution is -2.52. The van der Waals surface area contributed by atoms with Gasteiger partial charge in [-0.2, -0.15) is 0 Å². The van der Waals surface area contributed by atoms with Gasteiger partial charge in [0, 0.05) is 11.9 Å². The van der Waals surface area contributed by atoms with Crippen LogP contribution in [0, 0.1) is 6.92 Å². The van der Waals surface area contributed by atoms with Gasteiger partial charge >= 0.3 is 0 Å². The number of aryl methyl sites for hydroxylation is 1. The van der Waals surface area contributed by atoms with E-state index in [0.29, 0.717) is 6.54 Å². The van der Waals surface area contributed by atoms with Crippen LogP contribution in [0.3, 0.4) is 0 Å². The Hall–Kier alpha value is -0.940. The van der Waals surface area contributed by atoms with Crippen molar-refractivity contribution in [3.05, 3.63) is 16.1 Å². The van der Waals surface area contributed by atoms with E-state index in [1.165, 1.54) is 0 Å². The Morgan fingerprint density at radius 3 is 2.71 bits per heavy atom. The van der Waals surface area contributed by atoms with Crippen molar-refractivity contribution >= 4 is 17.2 Å². The summed E-state index contributed by atoms with van der Waals surface area (Å²) in [7, 11) is 1.83. The third kappa shape index (κ3) is 3.51. The SMILES string of the molecule is CCNC(C)(C)C(=O)N(C)Cc1scnc1C. The maximum absolute atomic E-state index is 12.2. The van der Waals surface area contributed by atoms with Gasteiger partial charge < -0.3 is 10.2 Å². The molecule has 1 N–H and O–H groups in total. The number of nitrogens with one attached hydrogen (secondary N) is 1. The van der Waals surface area contributed by atoms with Crippen molar-refractivity contribution in [1.82, 2.24) is 15.2 Å². The highest BCUT2D eigenvalue weighted by Crippen LogP contribution is 2.16. The smallest absolute Gasteiger partial charge is 0.242 e. The molecule has 0 aliphatic rings. The second kappa shape index (κ2) is 5.60. The first kappa shape index (κ1) is 14.1. The molecule has 0 aliphatic heterocycles. The molecule has 1 heterocycles. The summed E-state index contributed by atoms with van der Waals surface area (Å²) < 4.78 is 0. The topological polar surface area (TPSA) is 45.2 Å². The third-order valence-electron chi connectivity index (χ3n) is 2.73. The van der Waals surface area contributed by atoms with Gasteiger partial charge in [0.05, 0.1) is 23.3 Å². The van der Waals surface area contributed by atoms with E-state index < -0.39 is 5.54 Å². The molecule has 5 heteroatoms. The standard InChI is InChI=1S/C12H21N3OS/c1-6-14-12(3,4)11(16)15(5)7-10-9(2)13-8-17-10/h8,14H,6-7H2,1-5H3. The summed E-state index contributed by atoms with van der Waals surface area (Å²) in [5.74, 6) is 0.104. The molecule has 96 valence electrons. The third-order valence-corrected chi connectivity index (χ3v) is 3.65. The van der Waals surface area contributed by atoms with Gasteiger partial charge in [-0.3, -0.25) is 4.79 Å². The number of amides is 1. The molecule has 1 aromatic rings. The molecule has 0 aliphatic carbocycles. The second-order valence-corrected chi connectivity index (χ2v) is 5.62. The van der Waals surface area contributed by atoms with Crippen LogP contribution in [0.4, 0.5) is 0 Å². The van der Waals surface area contributed by atoms with Crippen LogP contribution in [-0.2, 0) is 11.3 Å². The highest BCUT2D eigenvalue weighted by molar-refractivity contribution is 7.09. The lowest BCUT2D eigenvalue weighted by atomic mass is 10.0.